The maximum Gasteiger partial charge on any atom is 0.321 e. The lowest BCUT2D eigenvalue weighted by molar-refractivity contribution is -0.122. The molecule has 0 spiro atoms. The Balaban J connectivity index is 0.000000617. The number of rotatable bonds is 8. The molecule has 206 valence electrons. The Kier molecular flexibility index (Phi) is 12.0. The van der Waals surface area contributed by atoms with Crippen LogP contribution in [0.3, 0.4) is 0 Å². The van der Waals surface area contributed by atoms with Gasteiger partial charge in [-0.1, -0.05) is 84.9 Å². The molecule has 5 N–H and O–H groups in total. The summed E-state index contributed by atoms with van der Waals surface area (Å²) in [6, 6.07) is 27.2. The largest absolute Gasteiger partial charge is 0.379 e. The zero-order valence-electron chi connectivity index (χ0n) is 22.7. The number of guanidine groups is 1. The number of nitrogens with one attached hydrogen (secondary N) is 3. The maximum atomic E-state index is 13.2. The van der Waals surface area contributed by atoms with E-state index in [4.69, 9.17) is 10.5 Å². The molecule has 8 nitrogen and oxygen atoms in total. The molecule has 3 aromatic carbocycles. The van der Waals surface area contributed by atoms with Crippen LogP contribution in [-0.4, -0.2) is 37.7 Å². The van der Waals surface area contributed by atoms with E-state index in [0.717, 1.165) is 28.9 Å². The molecule has 39 heavy (non-hydrogen) atoms. The third-order valence-electron chi connectivity index (χ3n) is 6.32. The first-order valence-corrected chi connectivity index (χ1v) is 13.3. The second-order valence-corrected chi connectivity index (χ2v) is 9.42. The molecule has 0 aromatic heterocycles. The normalized spacial score (nSPS) is 15.4. The van der Waals surface area contributed by atoms with Crippen LogP contribution in [0.1, 0.15) is 47.9 Å². The van der Waals surface area contributed by atoms with E-state index in [1.165, 1.54) is 19.9 Å². The summed E-state index contributed by atoms with van der Waals surface area (Å²) in [5.74, 6) is -0.260. The Morgan fingerprint density at radius 3 is 2.26 bits per heavy atom. The summed E-state index contributed by atoms with van der Waals surface area (Å²) in [7, 11) is 1.50. The Labute approximate surface area is 231 Å². The fraction of sp³-hybridized carbons (Fsp3) is 0.323. The molecule has 8 heteroatoms. The first-order valence-electron chi connectivity index (χ1n) is 13.3. The lowest BCUT2D eigenvalue weighted by Gasteiger charge is -2.18. The molecule has 1 aliphatic heterocycles. The van der Waals surface area contributed by atoms with Crippen molar-refractivity contribution in [2.45, 2.75) is 51.3 Å². The molecule has 0 saturated carbocycles. The summed E-state index contributed by atoms with van der Waals surface area (Å²) in [5, 5.41) is 7.92. The van der Waals surface area contributed by atoms with E-state index in [-0.39, 0.29) is 17.8 Å². The van der Waals surface area contributed by atoms with Gasteiger partial charge in [-0.15, -0.1) is 0 Å². The maximum absolute atomic E-state index is 13.2. The first-order chi connectivity index (χ1) is 18.9. The molecule has 3 amide bonds. The number of nitrogens with two attached hydrogens (primary N) is 1. The van der Waals surface area contributed by atoms with E-state index in [1.807, 2.05) is 84.9 Å². The van der Waals surface area contributed by atoms with Gasteiger partial charge in [0, 0.05) is 20.2 Å². The fourth-order valence-corrected chi connectivity index (χ4v) is 4.18. The van der Waals surface area contributed by atoms with Gasteiger partial charge in [0.25, 0.3) is 0 Å². The molecule has 4 rings (SSSR count). The minimum absolute atomic E-state index is 0.0208. The van der Waals surface area contributed by atoms with Gasteiger partial charge in [0.2, 0.25) is 5.91 Å². The van der Waals surface area contributed by atoms with Gasteiger partial charge in [0.05, 0.1) is 18.6 Å². The molecule has 1 saturated heterocycles. The second-order valence-electron chi connectivity index (χ2n) is 9.42. The predicted molar refractivity (Wildman–Crippen MR) is 155 cm³/mol. The van der Waals surface area contributed by atoms with Crippen molar-refractivity contribution >= 4 is 17.9 Å². The number of hydrogen-bond donors (Lipinski definition) is 4. The molecule has 2 unspecified atom stereocenters. The Morgan fingerprint density at radius 2 is 1.64 bits per heavy atom. The summed E-state index contributed by atoms with van der Waals surface area (Å²) in [6.07, 6.45) is 3.70. The summed E-state index contributed by atoms with van der Waals surface area (Å²) in [6.45, 7) is 3.83. The number of ether oxygens (including phenoxy) is 1. The number of aliphatic imine (C=N–C) groups is 1. The lowest BCUT2D eigenvalue weighted by Crippen LogP contribution is -2.41. The van der Waals surface area contributed by atoms with Crippen molar-refractivity contribution in [3.05, 3.63) is 107 Å². The number of carbonyl (C=O) groups excluding carboxylic acids is 2. The number of carbonyl (C=O) groups is 2. The summed E-state index contributed by atoms with van der Waals surface area (Å²) in [5.41, 5.74) is 9.69. The quantitative estimate of drug-likeness (QED) is 0.258. The van der Waals surface area contributed by atoms with E-state index in [0.29, 0.717) is 25.6 Å². The third-order valence-corrected chi connectivity index (χ3v) is 6.32. The average molecular weight is 530 g/mol. The van der Waals surface area contributed by atoms with Gasteiger partial charge >= 0.3 is 6.03 Å². The molecule has 1 heterocycles. The molecule has 0 bridgehead atoms. The van der Waals surface area contributed by atoms with Crippen LogP contribution in [0.2, 0.25) is 0 Å². The van der Waals surface area contributed by atoms with Crippen molar-refractivity contribution in [1.29, 1.82) is 0 Å². The van der Waals surface area contributed by atoms with Crippen LogP contribution in [-0.2, 0) is 29.0 Å². The Morgan fingerprint density at radius 1 is 0.974 bits per heavy atom. The van der Waals surface area contributed by atoms with Gasteiger partial charge in [-0.25, -0.2) is 9.79 Å². The first kappa shape index (κ1) is 29.4. The van der Waals surface area contributed by atoms with Crippen LogP contribution in [0, 0.1) is 0 Å². The SMILES string of the molecule is CC1CCCO1.CNC(=O)NC(N)=NCc1cccc(CNC(=O)C(Cc2ccccc2)c2ccccc2)c1. The summed E-state index contributed by atoms with van der Waals surface area (Å²) < 4.78 is 5.15. The van der Waals surface area contributed by atoms with Gasteiger partial charge in [-0.2, -0.15) is 0 Å². The third kappa shape index (κ3) is 10.6. The van der Waals surface area contributed by atoms with Crippen LogP contribution in [0.25, 0.3) is 0 Å². The molecule has 1 fully saturated rings. The van der Waals surface area contributed by atoms with E-state index in [2.05, 4.69) is 27.9 Å². The molecule has 1 aliphatic rings. The van der Waals surface area contributed by atoms with E-state index < -0.39 is 6.03 Å². The number of nitrogens with zero attached hydrogens (tertiary/aromatic N) is 1. The monoisotopic (exact) mass is 529 g/mol. The van der Waals surface area contributed by atoms with Crippen LogP contribution in [0.15, 0.2) is 89.9 Å². The Hall–Kier alpha value is -4.17. The minimum Gasteiger partial charge on any atom is -0.379 e. The topological polar surface area (TPSA) is 118 Å². The summed E-state index contributed by atoms with van der Waals surface area (Å²) in [4.78, 5) is 28.6. The van der Waals surface area contributed by atoms with Crippen molar-refractivity contribution in [1.82, 2.24) is 16.0 Å². The van der Waals surface area contributed by atoms with Crippen molar-refractivity contribution in [2.75, 3.05) is 13.7 Å². The van der Waals surface area contributed by atoms with Crippen molar-refractivity contribution < 1.29 is 14.3 Å². The van der Waals surface area contributed by atoms with Gasteiger partial charge in [-0.05, 0) is 48.4 Å². The van der Waals surface area contributed by atoms with E-state index >= 15 is 0 Å². The van der Waals surface area contributed by atoms with Gasteiger partial charge in [-0.3, -0.25) is 10.1 Å². The van der Waals surface area contributed by atoms with E-state index in [9.17, 15) is 9.59 Å². The standard InChI is InChI=1S/C26H29N5O2.C5H10O/c1-28-26(33)31-25(27)30-18-21-12-8-11-20(15-21)17-29-24(32)23(22-13-6-3-7-14-22)16-19-9-4-2-5-10-19;1-5-3-2-4-6-5/h2-15,23H,16-18H2,1H3,(H,29,32)(H4,27,28,30,31,33);5H,2-4H2,1H3. The molecule has 0 radical (unpaired) electrons. The van der Waals surface area contributed by atoms with Crippen LogP contribution in [0.5, 0.6) is 0 Å². The van der Waals surface area contributed by atoms with Gasteiger partial charge in [0.1, 0.15) is 0 Å². The van der Waals surface area contributed by atoms with Crippen LogP contribution < -0.4 is 21.7 Å². The highest BCUT2D eigenvalue weighted by Gasteiger charge is 2.20. The molecule has 2 atom stereocenters. The highest BCUT2D eigenvalue weighted by molar-refractivity contribution is 5.95. The number of amides is 3. The fourth-order valence-electron chi connectivity index (χ4n) is 4.18. The molecule has 3 aromatic rings. The molecule has 0 aliphatic carbocycles. The lowest BCUT2D eigenvalue weighted by atomic mass is 9.91. The number of urea groups is 1. The second kappa shape index (κ2) is 15.9. The summed E-state index contributed by atoms with van der Waals surface area (Å²) >= 11 is 0. The number of benzene rings is 3. The van der Waals surface area contributed by atoms with Crippen LogP contribution in [0.4, 0.5) is 4.79 Å². The minimum atomic E-state index is -0.420. The van der Waals surface area contributed by atoms with Crippen LogP contribution >= 0.6 is 0 Å². The molecular weight excluding hydrogens is 490 g/mol. The predicted octanol–water partition coefficient (Wildman–Crippen LogP) is 4.26. The number of hydrogen-bond acceptors (Lipinski definition) is 4. The average Bonchev–Trinajstić information content (AvgIpc) is 3.46. The zero-order valence-corrected chi connectivity index (χ0v) is 22.7. The Bertz CT molecular complexity index is 1200. The zero-order chi connectivity index (χ0) is 27.9. The molecular formula is C31H39N5O3. The van der Waals surface area contributed by atoms with Crippen molar-refractivity contribution in [3.63, 3.8) is 0 Å². The van der Waals surface area contributed by atoms with Crippen molar-refractivity contribution in [3.8, 4) is 0 Å². The highest BCUT2D eigenvalue weighted by Crippen LogP contribution is 2.21. The van der Waals surface area contributed by atoms with Gasteiger partial charge in [0.15, 0.2) is 5.96 Å². The van der Waals surface area contributed by atoms with Gasteiger partial charge < -0.3 is 21.1 Å². The smallest absolute Gasteiger partial charge is 0.321 e. The van der Waals surface area contributed by atoms with Crippen molar-refractivity contribution in [2.24, 2.45) is 10.7 Å². The van der Waals surface area contributed by atoms with E-state index in [1.54, 1.807) is 0 Å². The highest BCUT2D eigenvalue weighted by atomic mass is 16.5.